The van der Waals surface area contributed by atoms with Crippen molar-refractivity contribution >= 4 is 23.3 Å². The molecule has 7 nitrogen and oxygen atoms in total. The van der Waals surface area contributed by atoms with Crippen LogP contribution in [-0.4, -0.2) is 25.1 Å². The molecule has 0 fully saturated rings. The molecule has 0 aliphatic heterocycles. The second-order valence-corrected chi connectivity index (χ2v) is 5.06. The number of carbonyl (C=O) groups is 1. The van der Waals surface area contributed by atoms with E-state index < -0.39 is 10.9 Å². The second-order valence-electron chi connectivity index (χ2n) is 4.65. The maximum atomic E-state index is 12.2. The molecule has 0 heterocycles. The summed E-state index contributed by atoms with van der Waals surface area (Å²) in [5.41, 5.74) is 0.268. The Morgan fingerprint density at radius 1 is 1.21 bits per heavy atom. The normalized spacial score (nSPS) is 10.1. The van der Waals surface area contributed by atoms with E-state index in [0.29, 0.717) is 17.1 Å². The van der Waals surface area contributed by atoms with Gasteiger partial charge in [0, 0.05) is 17.7 Å². The maximum absolute atomic E-state index is 12.2. The van der Waals surface area contributed by atoms with Gasteiger partial charge in [0.2, 0.25) is 0 Å². The van der Waals surface area contributed by atoms with Crippen molar-refractivity contribution in [2.24, 2.45) is 0 Å². The molecule has 0 atom stereocenters. The third-order valence-electron chi connectivity index (χ3n) is 3.22. The number of non-ortho nitro benzene ring substituents is 1. The Balaban J connectivity index is 2.20. The van der Waals surface area contributed by atoms with E-state index in [1.54, 1.807) is 18.2 Å². The molecule has 0 bridgehead atoms. The summed E-state index contributed by atoms with van der Waals surface area (Å²) >= 11 is 5.92. The standard InChI is InChI=1S/C16H14ClNO6/c1-22-14-5-3-4-10(15(14)23-2)9-24-16(19)12-8-11(18(20)21)6-7-13(12)17/h3-8H,9H2,1-2H3. The van der Waals surface area contributed by atoms with Gasteiger partial charge in [0.1, 0.15) is 6.61 Å². The van der Waals surface area contributed by atoms with E-state index >= 15 is 0 Å². The van der Waals surface area contributed by atoms with Crippen molar-refractivity contribution in [2.45, 2.75) is 6.61 Å². The van der Waals surface area contributed by atoms with E-state index in [9.17, 15) is 14.9 Å². The lowest BCUT2D eigenvalue weighted by Crippen LogP contribution is -2.07. The molecule has 0 amide bonds. The molecule has 0 saturated heterocycles. The highest BCUT2D eigenvalue weighted by molar-refractivity contribution is 6.33. The molecule has 0 spiro atoms. The fourth-order valence-electron chi connectivity index (χ4n) is 2.07. The summed E-state index contributed by atoms with van der Waals surface area (Å²) in [4.78, 5) is 22.4. The number of para-hydroxylation sites is 1. The monoisotopic (exact) mass is 351 g/mol. The Morgan fingerprint density at radius 3 is 2.58 bits per heavy atom. The Hall–Kier alpha value is -2.80. The summed E-state index contributed by atoms with van der Waals surface area (Å²) in [7, 11) is 2.97. The van der Waals surface area contributed by atoms with Crippen LogP contribution in [0.1, 0.15) is 15.9 Å². The number of nitro benzene ring substituents is 1. The molecule has 0 aliphatic carbocycles. The van der Waals surface area contributed by atoms with Crippen LogP contribution in [0.2, 0.25) is 5.02 Å². The molecule has 2 rings (SSSR count). The lowest BCUT2D eigenvalue weighted by Gasteiger charge is -2.13. The van der Waals surface area contributed by atoms with Gasteiger partial charge in [-0.2, -0.15) is 0 Å². The lowest BCUT2D eigenvalue weighted by atomic mass is 10.2. The quantitative estimate of drug-likeness (QED) is 0.448. The highest BCUT2D eigenvalue weighted by atomic mass is 35.5. The molecule has 8 heteroatoms. The van der Waals surface area contributed by atoms with Crippen molar-refractivity contribution in [3.8, 4) is 11.5 Å². The topological polar surface area (TPSA) is 87.9 Å². The van der Waals surface area contributed by atoms with Crippen LogP contribution in [0.3, 0.4) is 0 Å². The first kappa shape index (κ1) is 17.6. The van der Waals surface area contributed by atoms with Gasteiger partial charge in [-0.25, -0.2) is 4.79 Å². The minimum atomic E-state index is -0.770. The number of methoxy groups -OCH3 is 2. The zero-order chi connectivity index (χ0) is 17.7. The molecule has 0 unspecified atom stereocenters. The summed E-state index contributed by atoms with van der Waals surface area (Å²) in [6.45, 7) is -0.0990. The van der Waals surface area contributed by atoms with Crippen LogP contribution < -0.4 is 9.47 Å². The molecular weight excluding hydrogens is 338 g/mol. The van der Waals surface area contributed by atoms with Crippen LogP contribution in [0.4, 0.5) is 5.69 Å². The first-order chi connectivity index (χ1) is 11.5. The molecule has 2 aromatic carbocycles. The van der Waals surface area contributed by atoms with Gasteiger partial charge in [-0.3, -0.25) is 10.1 Å². The average Bonchev–Trinajstić information content (AvgIpc) is 2.59. The predicted molar refractivity (Wildman–Crippen MR) is 86.8 cm³/mol. The summed E-state index contributed by atoms with van der Waals surface area (Å²) in [5, 5.41) is 10.9. The Kier molecular flexibility index (Phi) is 5.59. The number of benzene rings is 2. The second kappa shape index (κ2) is 7.65. The fourth-order valence-corrected chi connectivity index (χ4v) is 2.27. The number of nitro groups is 1. The average molecular weight is 352 g/mol. The van der Waals surface area contributed by atoms with E-state index in [1.807, 2.05) is 0 Å². The lowest BCUT2D eigenvalue weighted by molar-refractivity contribution is -0.384. The number of rotatable bonds is 6. The minimum Gasteiger partial charge on any atom is -0.493 e. The zero-order valence-corrected chi connectivity index (χ0v) is 13.7. The fraction of sp³-hybridized carbons (Fsp3) is 0.188. The van der Waals surface area contributed by atoms with Crippen LogP contribution >= 0.6 is 11.6 Å². The van der Waals surface area contributed by atoms with Crippen molar-refractivity contribution in [2.75, 3.05) is 14.2 Å². The molecule has 0 saturated carbocycles. The molecular formula is C16H14ClNO6. The van der Waals surface area contributed by atoms with E-state index in [4.69, 9.17) is 25.8 Å². The number of halogens is 1. The van der Waals surface area contributed by atoms with Gasteiger partial charge < -0.3 is 14.2 Å². The third kappa shape index (κ3) is 3.75. The van der Waals surface area contributed by atoms with Gasteiger partial charge in [-0.05, 0) is 12.1 Å². The van der Waals surface area contributed by atoms with Crippen molar-refractivity contribution in [3.63, 3.8) is 0 Å². The number of carbonyl (C=O) groups excluding carboxylic acids is 1. The molecule has 24 heavy (non-hydrogen) atoms. The van der Waals surface area contributed by atoms with Crippen LogP contribution in [0, 0.1) is 10.1 Å². The van der Waals surface area contributed by atoms with Crippen molar-refractivity contribution in [3.05, 3.63) is 62.7 Å². The highest BCUT2D eigenvalue weighted by Crippen LogP contribution is 2.31. The number of ether oxygens (including phenoxy) is 3. The summed E-state index contributed by atoms with van der Waals surface area (Å²) < 4.78 is 15.6. The Morgan fingerprint density at radius 2 is 1.96 bits per heavy atom. The number of hydrogen-bond acceptors (Lipinski definition) is 6. The third-order valence-corrected chi connectivity index (χ3v) is 3.55. The summed E-state index contributed by atoms with van der Waals surface area (Å²) in [6, 6.07) is 8.72. The SMILES string of the molecule is COc1cccc(COC(=O)c2cc([N+](=O)[O-])ccc2Cl)c1OC. The number of hydrogen-bond donors (Lipinski definition) is 0. The van der Waals surface area contributed by atoms with E-state index in [-0.39, 0.29) is 22.9 Å². The van der Waals surface area contributed by atoms with Crippen molar-refractivity contribution in [1.29, 1.82) is 0 Å². The summed E-state index contributed by atoms with van der Waals surface area (Å²) in [5.74, 6) is 0.172. The first-order valence-corrected chi connectivity index (χ1v) is 7.16. The van der Waals surface area contributed by atoms with E-state index in [1.165, 1.54) is 26.4 Å². The van der Waals surface area contributed by atoms with Gasteiger partial charge in [0.15, 0.2) is 11.5 Å². The molecule has 126 valence electrons. The van der Waals surface area contributed by atoms with Gasteiger partial charge in [0.25, 0.3) is 5.69 Å². The van der Waals surface area contributed by atoms with Gasteiger partial charge in [-0.15, -0.1) is 0 Å². The molecule has 2 aromatic rings. The number of esters is 1. The van der Waals surface area contributed by atoms with Crippen molar-refractivity contribution < 1.29 is 23.9 Å². The minimum absolute atomic E-state index is 0.0724. The number of nitrogens with zero attached hydrogens (tertiary/aromatic N) is 1. The highest BCUT2D eigenvalue weighted by Gasteiger charge is 2.18. The Labute approximate surface area is 142 Å². The van der Waals surface area contributed by atoms with E-state index in [2.05, 4.69) is 0 Å². The van der Waals surface area contributed by atoms with E-state index in [0.717, 1.165) is 6.07 Å². The van der Waals surface area contributed by atoms with Crippen LogP contribution in [0.5, 0.6) is 11.5 Å². The summed E-state index contributed by atoms with van der Waals surface area (Å²) in [6.07, 6.45) is 0. The molecule has 0 aliphatic rings. The molecule has 0 aromatic heterocycles. The van der Waals surface area contributed by atoms with Crippen LogP contribution in [0.25, 0.3) is 0 Å². The smallest absolute Gasteiger partial charge is 0.340 e. The predicted octanol–water partition coefficient (Wildman–Crippen LogP) is 3.62. The zero-order valence-electron chi connectivity index (χ0n) is 12.9. The van der Waals surface area contributed by atoms with Gasteiger partial charge in [-0.1, -0.05) is 23.7 Å². The largest absolute Gasteiger partial charge is 0.493 e. The Bertz CT molecular complexity index is 777. The maximum Gasteiger partial charge on any atom is 0.340 e. The molecule has 0 N–H and O–H groups in total. The molecule has 0 radical (unpaired) electrons. The van der Waals surface area contributed by atoms with Crippen LogP contribution in [0.15, 0.2) is 36.4 Å². The van der Waals surface area contributed by atoms with Gasteiger partial charge in [0.05, 0.1) is 29.7 Å². The van der Waals surface area contributed by atoms with Crippen molar-refractivity contribution in [1.82, 2.24) is 0 Å². The van der Waals surface area contributed by atoms with Gasteiger partial charge >= 0.3 is 5.97 Å². The first-order valence-electron chi connectivity index (χ1n) is 6.79. The van der Waals surface area contributed by atoms with Crippen LogP contribution in [-0.2, 0) is 11.3 Å².